The van der Waals surface area contributed by atoms with Crippen LogP contribution in [0.25, 0.3) is 0 Å². The molecule has 2 nitrogen and oxygen atoms in total. The van der Waals surface area contributed by atoms with Crippen molar-refractivity contribution in [2.75, 3.05) is 19.7 Å². The fraction of sp³-hybridized carbons (Fsp3) is 0.800. The van der Waals surface area contributed by atoms with Crippen molar-refractivity contribution < 1.29 is 4.74 Å². The third kappa shape index (κ3) is 3.52. The Hall–Kier alpha value is -0.283. The molecule has 0 unspecified atom stereocenters. The van der Waals surface area contributed by atoms with Gasteiger partial charge in [0.05, 0.1) is 12.4 Å². The van der Waals surface area contributed by atoms with E-state index in [1.165, 1.54) is 18.8 Å². The van der Waals surface area contributed by atoms with Crippen LogP contribution in [0.5, 0.6) is 0 Å². The first-order valence-electron chi connectivity index (χ1n) is 5.11. The summed E-state index contributed by atoms with van der Waals surface area (Å²) in [5, 5.41) is 0. The maximum absolute atomic E-state index is 5.47. The molecular formula is C10H20NOSi. The van der Waals surface area contributed by atoms with Gasteiger partial charge in [0, 0.05) is 12.8 Å². The fourth-order valence-corrected chi connectivity index (χ4v) is 2.78. The molecule has 0 amide bonds. The largest absolute Gasteiger partial charge is 0.498 e. The number of rotatable bonds is 5. The second-order valence-electron chi connectivity index (χ2n) is 3.58. The molecule has 1 aliphatic heterocycles. The third-order valence-corrected chi connectivity index (χ3v) is 4.22. The third-order valence-electron chi connectivity index (χ3n) is 2.42. The van der Waals surface area contributed by atoms with E-state index in [-0.39, 0.29) is 8.96 Å². The lowest BCUT2D eigenvalue weighted by atomic mass is 10.3. The molecule has 0 N–H and O–H groups in total. The Morgan fingerprint density at radius 2 is 2.31 bits per heavy atom. The second-order valence-corrected chi connectivity index (χ2v) is 6.11. The van der Waals surface area contributed by atoms with Crippen molar-refractivity contribution in [2.45, 2.75) is 32.9 Å². The van der Waals surface area contributed by atoms with E-state index in [1.807, 2.05) is 0 Å². The van der Waals surface area contributed by atoms with Crippen molar-refractivity contribution in [3.8, 4) is 0 Å². The molecule has 1 rings (SSSR count). The summed E-state index contributed by atoms with van der Waals surface area (Å²) in [4.78, 5) is 0. The van der Waals surface area contributed by atoms with Gasteiger partial charge in [-0.3, -0.25) is 0 Å². The van der Waals surface area contributed by atoms with Crippen molar-refractivity contribution in [1.29, 1.82) is 0 Å². The van der Waals surface area contributed by atoms with Gasteiger partial charge >= 0.3 is 0 Å². The number of hydrogen-bond acceptors (Lipinski definition) is 2. The molecule has 1 radical (unpaired) electrons. The van der Waals surface area contributed by atoms with Crippen LogP contribution >= 0.6 is 0 Å². The van der Waals surface area contributed by atoms with E-state index in [4.69, 9.17) is 4.74 Å². The van der Waals surface area contributed by atoms with Crippen LogP contribution in [0.3, 0.4) is 0 Å². The molecule has 0 aliphatic carbocycles. The minimum atomic E-state index is -0.265. The first kappa shape index (κ1) is 10.8. The first-order valence-corrected chi connectivity index (χ1v) is 7.55. The van der Waals surface area contributed by atoms with E-state index >= 15 is 0 Å². The maximum atomic E-state index is 5.47. The zero-order valence-electron chi connectivity index (χ0n) is 8.97. The van der Waals surface area contributed by atoms with Crippen molar-refractivity contribution in [3.05, 3.63) is 11.8 Å². The summed E-state index contributed by atoms with van der Waals surface area (Å²) < 4.78 is 8.04. The van der Waals surface area contributed by atoms with Gasteiger partial charge in [0.2, 0.25) is 0 Å². The highest BCUT2D eigenvalue weighted by Crippen LogP contribution is 2.13. The normalized spacial score (nSPS) is 16.5. The van der Waals surface area contributed by atoms with Crippen LogP contribution in [0.2, 0.25) is 13.1 Å². The monoisotopic (exact) mass is 198 g/mol. The van der Waals surface area contributed by atoms with Gasteiger partial charge in [-0.15, -0.1) is 0 Å². The molecule has 0 fully saturated rings. The lowest BCUT2D eigenvalue weighted by Gasteiger charge is -2.23. The number of ether oxygens (including phenoxy) is 1. The lowest BCUT2D eigenvalue weighted by Crippen LogP contribution is -2.35. The van der Waals surface area contributed by atoms with Gasteiger partial charge in [0.15, 0.2) is 0 Å². The van der Waals surface area contributed by atoms with E-state index in [2.05, 4.69) is 30.7 Å². The van der Waals surface area contributed by atoms with E-state index in [0.29, 0.717) is 0 Å². The van der Waals surface area contributed by atoms with Crippen molar-refractivity contribution >= 4 is 8.96 Å². The van der Waals surface area contributed by atoms with Crippen LogP contribution in [0.15, 0.2) is 11.8 Å². The molecule has 0 aromatic rings. The maximum Gasteiger partial charge on any atom is 0.129 e. The minimum Gasteiger partial charge on any atom is -0.498 e. The highest BCUT2D eigenvalue weighted by molar-refractivity contribution is 6.52. The molecule has 1 aliphatic rings. The quantitative estimate of drug-likeness (QED) is 0.628. The molecule has 0 spiro atoms. The van der Waals surface area contributed by atoms with Gasteiger partial charge < -0.3 is 9.30 Å². The summed E-state index contributed by atoms with van der Waals surface area (Å²) >= 11 is 0. The van der Waals surface area contributed by atoms with Crippen LogP contribution in [0, 0.1) is 0 Å². The average molecular weight is 198 g/mol. The van der Waals surface area contributed by atoms with Crippen LogP contribution in [0.4, 0.5) is 0 Å². The Labute approximate surface area is 83.3 Å². The molecule has 3 heteroatoms. The van der Waals surface area contributed by atoms with Crippen LogP contribution in [-0.4, -0.2) is 33.2 Å². The molecule has 0 aromatic carbocycles. The Morgan fingerprint density at radius 3 is 2.77 bits per heavy atom. The Bertz CT molecular complexity index is 180. The van der Waals surface area contributed by atoms with Gasteiger partial charge in [0.25, 0.3) is 0 Å². The summed E-state index contributed by atoms with van der Waals surface area (Å²) in [5.41, 5.74) is 0. The van der Waals surface area contributed by atoms with Gasteiger partial charge in [-0.2, -0.15) is 0 Å². The second kappa shape index (κ2) is 5.45. The van der Waals surface area contributed by atoms with Crippen molar-refractivity contribution in [2.24, 2.45) is 0 Å². The summed E-state index contributed by atoms with van der Waals surface area (Å²) in [6.07, 6.45) is 4.44. The predicted molar refractivity (Wildman–Crippen MR) is 58.0 cm³/mol. The number of hydrogen-bond donors (Lipinski definition) is 0. The van der Waals surface area contributed by atoms with Gasteiger partial charge in [-0.1, -0.05) is 20.0 Å². The lowest BCUT2D eigenvalue weighted by molar-refractivity contribution is 0.228. The SMILES string of the molecule is CCN(CCC1=CCCO1)[Si](C)C. The summed E-state index contributed by atoms with van der Waals surface area (Å²) in [7, 11) is -0.265. The molecule has 0 saturated heterocycles. The average Bonchev–Trinajstić information content (AvgIpc) is 2.57. The zero-order chi connectivity index (χ0) is 9.68. The molecular weight excluding hydrogens is 178 g/mol. The molecule has 0 saturated carbocycles. The standard InChI is InChI=1S/C10H20NOSi/c1-4-11(13(2)3)8-7-10-6-5-9-12-10/h6H,4-5,7-9H2,1-3H3. The van der Waals surface area contributed by atoms with Gasteiger partial charge in [-0.25, -0.2) is 0 Å². The van der Waals surface area contributed by atoms with E-state index in [1.54, 1.807) is 0 Å². The predicted octanol–water partition coefficient (Wildman–Crippen LogP) is 2.25. The zero-order valence-corrected chi connectivity index (χ0v) is 9.97. The smallest absolute Gasteiger partial charge is 0.129 e. The van der Waals surface area contributed by atoms with Crippen LogP contribution in [0.1, 0.15) is 19.8 Å². The highest BCUT2D eigenvalue weighted by Gasteiger charge is 2.11. The molecule has 13 heavy (non-hydrogen) atoms. The Balaban J connectivity index is 2.23. The van der Waals surface area contributed by atoms with Crippen molar-refractivity contribution in [1.82, 2.24) is 4.57 Å². The first-order chi connectivity index (χ1) is 6.24. The summed E-state index contributed by atoms with van der Waals surface area (Å²) in [6, 6.07) is 0. The summed E-state index contributed by atoms with van der Waals surface area (Å²) in [6.45, 7) is 10.2. The van der Waals surface area contributed by atoms with Crippen LogP contribution in [-0.2, 0) is 4.74 Å². The minimum absolute atomic E-state index is 0.265. The topological polar surface area (TPSA) is 12.5 Å². The highest BCUT2D eigenvalue weighted by atomic mass is 28.3. The molecule has 75 valence electrons. The molecule has 0 aromatic heterocycles. The number of nitrogens with zero attached hydrogens (tertiary/aromatic N) is 1. The molecule has 1 heterocycles. The summed E-state index contributed by atoms with van der Waals surface area (Å²) in [5.74, 6) is 1.21. The molecule has 0 atom stereocenters. The van der Waals surface area contributed by atoms with E-state index in [9.17, 15) is 0 Å². The molecule has 0 bridgehead atoms. The van der Waals surface area contributed by atoms with E-state index in [0.717, 1.165) is 19.4 Å². The Kier molecular flexibility index (Phi) is 4.52. The fourth-order valence-electron chi connectivity index (χ4n) is 1.59. The van der Waals surface area contributed by atoms with Gasteiger partial charge in [-0.05, 0) is 19.2 Å². The van der Waals surface area contributed by atoms with E-state index < -0.39 is 0 Å². The Morgan fingerprint density at radius 1 is 1.54 bits per heavy atom. The van der Waals surface area contributed by atoms with Gasteiger partial charge in [0.1, 0.15) is 8.96 Å². The van der Waals surface area contributed by atoms with Crippen molar-refractivity contribution in [3.63, 3.8) is 0 Å². The van der Waals surface area contributed by atoms with Crippen LogP contribution < -0.4 is 0 Å².